The fourth-order valence-corrected chi connectivity index (χ4v) is 3.53. The van der Waals surface area contributed by atoms with Crippen LogP contribution in [0.4, 0.5) is 5.13 Å². The molecule has 0 saturated heterocycles. The summed E-state index contributed by atoms with van der Waals surface area (Å²) in [4.78, 5) is 31.0. The van der Waals surface area contributed by atoms with Crippen molar-refractivity contribution in [2.24, 2.45) is 0 Å². The number of carbonyl (C=O) groups excluding carboxylic acids is 2. The Morgan fingerprint density at radius 3 is 2.50 bits per heavy atom. The van der Waals surface area contributed by atoms with Crippen LogP contribution in [0, 0.1) is 0 Å². The molecule has 2 aromatic carbocycles. The van der Waals surface area contributed by atoms with Crippen LogP contribution in [0.5, 0.6) is 11.5 Å². The summed E-state index contributed by atoms with van der Waals surface area (Å²) in [5.41, 5.74) is 2.10. The molecule has 30 heavy (non-hydrogen) atoms. The van der Waals surface area contributed by atoms with E-state index in [4.69, 9.17) is 9.47 Å². The number of benzene rings is 2. The van der Waals surface area contributed by atoms with E-state index in [2.05, 4.69) is 10.3 Å². The number of likely N-dealkylation sites (N-methyl/N-ethyl adjacent to an activating group) is 1. The molecule has 156 valence electrons. The zero-order chi connectivity index (χ0) is 21.5. The Hall–Kier alpha value is -3.39. The highest BCUT2D eigenvalue weighted by Crippen LogP contribution is 2.28. The van der Waals surface area contributed by atoms with E-state index >= 15 is 0 Å². The highest BCUT2D eigenvalue weighted by atomic mass is 32.1. The van der Waals surface area contributed by atoms with Crippen molar-refractivity contribution in [3.05, 3.63) is 70.7 Å². The summed E-state index contributed by atoms with van der Waals surface area (Å²) in [6, 6.07) is 14.7. The predicted octanol–water partition coefficient (Wildman–Crippen LogP) is 3.61. The van der Waals surface area contributed by atoms with Crippen molar-refractivity contribution in [1.82, 2.24) is 9.88 Å². The largest absolute Gasteiger partial charge is 0.493 e. The molecule has 0 bridgehead atoms. The molecule has 0 aliphatic rings. The van der Waals surface area contributed by atoms with Gasteiger partial charge in [-0.3, -0.25) is 14.9 Å². The Bertz CT molecular complexity index is 1020. The van der Waals surface area contributed by atoms with Gasteiger partial charge in [0, 0.05) is 24.5 Å². The third-order valence-electron chi connectivity index (χ3n) is 4.44. The number of methoxy groups -OCH3 is 2. The van der Waals surface area contributed by atoms with Crippen LogP contribution in [0.1, 0.15) is 21.6 Å². The Morgan fingerprint density at radius 1 is 1.07 bits per heavy atom. The van der Waals surface area contributed by atoms with Gasteiger partial charge in [-0.05, 0) is 23.8 Å². The lowest BCUT2D eigenvalue weighted by molar-refractivity contribution is -0.129. The van der Waals surface area contributed by atoms with Gasteiger partial charge < -0.3 is 14.4 Å². The zero-order valence-corrected chi connectivity index (χ0v) is 17.9. The molecule has 3 rings (SSSR count). The lowest BCUT2D eigenvalue weighted by Gasteiger charge is -2.16. The van der Waals surface area contributed by atoms with Crippen LogP contribution in [0.2, 0.25) is 0 Å². The van der Waals surface area contributed by atoms with Gasteiger partial charge >= 0.3 is 0 Å². The molecular weight excluding hydrogens is 402 g/mol. The summed E-state index contributed by atoms with van der Waals surface area (Å²) in [5, 5.41) is 4.97. The first-order chi connectivity index (χ1) is 14.5. The van der Waals surface area contributed by atoms with E-state index in [1.54, 1.807) is 35.5 Å². The molecule has 0 fully saturated rings. The Balaban J connectivity index is 1.59. The Labute approximate surface area is 179 Å². The van der Waals surface area contributed by atoms with Gasteiger partial charge in [-0.2, -0.15) is 0 Å². The summed E-state index contributed by atoms with van der Waals surface area (Å²) < 4.78 is 10.4. The summed E-state index contributed by atoms with van der Waals surface area (Å²) in [7, 11) is 4.81. The van der Waals surface area contributed by atoms with Gasteiger partial charge in [0.2, 0.25) is 5.91 Å². The fraction of sp³-hybridized carbons (Fsp3) is 0.227. The molecule has 0 aliphatic carbocycles. The topological polar surface area (TPSA) is 80.8 Å². The molecule has 8 heteroatoms. The number of thiazole rings is 1. The van der Waals surface area contributed by atoms with Gasteiger partial charge in [-0.15, -0.1) is 11.3 Å². The van der Waals surface area contributed by atoms with E-state index in [0.29, 0.717) is 34.4 Å². The summed E-state index contributed by atoms with van der Waals surface area (Å²) >= 11 is 1.28. The van der Waals surface area contributed by atoms with Crippen molar-refractivity contribution >= 4 is 28.3 Å². The summed E-state index contributed by atoms with van der Waals surface area (Å²) in [6.07, 6.45) is 0.173. The van der Waals surface area contributed by atoms with Crippen LogP contribution >= 0.6 is 11.3 Å². The first kappa shape index (κ1) is 21.3. The lowest BCUT2D eigenvalue weighted by Crippen LogP contribution is -2.27. The highest BCUT2D eigenvalue weighted by molar-refractivity contribution is 7.14. The number of carbonyl (C=O) groups is 2. The highest BCUT2D eigenvalue weighted by Gasteiger charge is 2.15. The van der Waals surface area contributed by atoms with E-state index < -0.39 is 0 Å². The summed E-state index contributed by atoms with van der Waals surface area (Å²) in [5.74, 6) is 0.659. The molecule has 1 aromatic heterocycles. The van der Waals surface area contributed by atoms with Crippen molar-refractivity contribution in [2.45, 2.75) is 13.0 Å². The number of hydrogen-bond acceptors (Lipinski definition) is 6. The van der Waals surface area contributed by atoms with Gasteiger partial charge in [-0.1, -0.05) is 30.3 Å². The second-order valence-electron chi connectivity index (χ2n) is 6.58. The maximum Gasteiger partial charge on any atom is 0.257 e. The van der Waals surface area contributed by atoms with Crippen LogP contribution in [0.25, 0.3) is 0 Å². The number of nitrogens with one attached hydrogen (secondary N) is 1. The molecule has 3 aromatic rings. The number of amides is 2. The maximum absolute atomic E-state index is 12.5. The maximum atomic E-state index is 12.5. The van der Waals surface area contributed by atoms with Crippen molar-refractivity contribution in [3.63, 3.8) is 0 Å². The first-order valence-electron chi connectivity index (χ1n) is 9.26. The van der Waals surface area contributed by atoms with Crippen molar-refractivity contribution in [2.75, 3.05) is 26.6 Å². The number of rotatable bonds is 8. The van der Waals surface area contributed by atoms with E-state index in [1.165, 1.54) is 25.6 Å². The van der Waals surface area contributed by atoms with Crippen LogP contribution in [0.15, 0.2) is 53.9 Å². The molecule has 0 aliphatic heterocycles. The van der Waals surface area contributed by atoms with Crippen LogP contribution in [0.3, 0.4) is 0 Å². The molecule has 0 spiro atoms. The number of ether oxygens (including phenoxy) is 2. The van der Waals surface area contributed by atoms with Crippen LogP contribution < -0.4 is 14.8 Å². The second-order valence-corrected chi connectivity index (χ2v) is 7.44. The Morgan fingerprint density at radius 2 is 1.80 bits per heavy atom. The van der Waals surface area contributed by atoms with Gasteiger partial charge in [0.1, 0.15) is 0 Å². The normalized spacial score (nSPS) is 10.4. The smallest absolute Gasteiger partial charge is 0.257 e. The average Bonchev–Trinajstić information content (AvgIpc) is 3.20. The van der Waals surface area contributed by atoms with E-state index in [1.807, 2.05) is 30.3 Å². The molecule has 0 atom stereocenters. The van der Waals surface area contributed by atoms with E-state index in [0.717, 1.165) is 5.56 Å². The monoisotopic (exact) mass is 425 g/mol. The van der Waals surface area contributed by atoms with Gasteiger partial charge in [0.15, 0.2) is 16.6 Å². The minimum Gasteiger partial charge on any atom is -0.493 e. The van der Waals surface area contributed by atoms with Crippen molar-refractivity contribution < 1.29 is 19.1 Å². The molecule has 0 radical (unpaired) electrons. The van der Waals surface area contributed by atoms with Crippen LogP contribution in [-0.4, -0.2) is 43.0 Å². The summed E-state index contributed by atoms with van der Waals surface area (Å²) in [6.45, 7) is 0.534. The molecule has 7 nitrogen and oxygen atoms in total. The Kier molecular flexibility index (Phi) is 7.03. The standard InChI is InChI=1S/C22H23N3O4S/c1-25(13-15-7-5-4-6-8-15)20(26)12-17-14-30-22(23-17)24-21(27)16-9-10-18(28-2)19(11-16)29-3/h4-11,14H,12-13H2,1-3H3,(H,23,24,27). The number of hydrogen-bond donors (Lipinski definition) is 1. The van der Waals surface area contributed by atoms with Crippen LogP contribution in [-0.2, 0) is 17.8 Å². The first-order valence-corrected chi connectivity index (χ1v) is 10.1. The van der Waals surface area contributed by atoms with Gasteiger partial charge in [0.05, 0.1) is 26.3 Å². The third kappa shape index (κ3) is 5.36. The fourth-order valence-electron chi connectivity index (χ4n) is 2.83. The molecule has 0 unspecified atom stereocenters. The van der Waals surface area contributed by atoms with Crippen molar-refractivity contribution in [1.29, 1.82) is 0 Å². The minimum absolute atomic E-state index is 0.0399. The minimum atomic E-state index is -0.315. The van der Waals surface area contributed by atoms with Crippen molar-refractivity contribution in [3.8, 4) is 11.5 Å². The predicted molar refractivity (Wildman–Crippen MR) is 116 cm³/mol. The number of anilines is 1. The average molecular weight is 426 g/mol. The molecule has 0 saturated carbocycles. The quantitative estimate of drug-likeness (QED) is 0.596. The van der Waals surface area contributed by atoms with Gasteiger partial charge in [0.25, 0.3) is 5.91 Å². The van der Waals surface area contributed by atoms with Gasteiger partial charge in [-0.25, -0.2) is 4.98 Å². The molecule has 1 N–H and O–H groups in total. The molecule has 2 amide bonds. The third-order valence-corrected chi connectivity index (χ3v) is 5.25. The SMILES string of the molecule is COc1ccc(C(=O)Nc2nc(CC(=O)N(C)Cc3ccccc3)cs2)cc1OC. The van der Waals surface area contributed by atoms with E-state index in [-0.39, 0.29) is 18.2 Å². The molecular formula is C22H23N3O4S. The lowest BCUT2D eigenvalue weighted by atomic mass is 10.2. The number of aromatic nitrogens is 1. The van der Waals surface area contributed by atoms with E-state index in [9.17, 15) is 9.59 Å². The second kappa shape index (κ2) is 9.89. The molecule has 1 heterocycles. The zero-order valence-electron chi connectivity index (χ0n) is 17.0. The number of nitrogens with zero attached hydrogens (tertiary/aromatic N) is 2.